The molecule has 1 heterocycles. The second-order valence-electron chi connectivity index (χ2n) is 6.18. The second-order valence-corrected chi connectivity index (χ2v) is 6.18. The molecule has 2 rings (SSSR count). The van der Waals surface area contributed by atoms with Crippen LogP contribution in [-0.4, -0.2) is 67.1 Å². The molecule has 1 aromatic rings. The topological polar surface area (TPSA) is 116 Å². The zero-order valence-corrected chi connectivity index (χ0v) is 15.7. The number of rotatable bonds is 15. The maximum absolute atomic E-state index is 5.64. The van der Waals surface area contributed by atoms with E-state index in [2.05, 4.69) is 32.5 Å². The van der Waals surface area contributed by atoms with Gasteiger partial charge in [-0.25, -0.2) is 0 Å². The Labute approximate surface area is 155 Å². The van der Waals surface area contributed by atoms with Gasteiger partial charge in [0.05, 0.1) is 33.0 Å². The average Bonchev–Trinajstić information content (AvgIpc) is 2.61. The zero-order chi connectivity index (χ0) is 18.5. The minimum absolute atomic E-state index is 0.355. The van der Waals surface area contributed by atoms with Crippen LogP contribution >= 0.6 is 0 Å². The van der Waals surface area contributed by atoms with E-state index in [-0.39, 0.29) is 0 Å². The predicted octanol–water partition coefficient (Wildman–Crippen LogP) is 1.42. The summed E-state index contributed by atoms with van der Waals surface area (Å²) in [5.41, 5.74) is 5.35. The summed E-state index contributed by atoms with van der Waals surface area (Å²) in [6.45, 7) is 6.04. The van der Waals surface area contributed by atoms with Gasteiger partial charge in [0.25, 0.3) is 0 Å². The van der Waals surface area contributed by atoms with Crippen LogP contribution in [0.1, 0.15) is 39.0 Å². The van der Waals surface area contributed by atoms with Gasteiger partial charge in [-0.1, -0.05) is 13.3 Å². The third kappa shape index (κ3) is 8.11. The fourth-order valence-electron chi connectivity index (χ4n) is 2.25. The van der Waals surface area contributed by atoms with Crippen molar-refractivity contribution in [1.29, 1.82) is 0 Å². The molecule has 4 N–H and O–H groups in total. The monoisotopic (exact) mass is 368 g/mol. The van der Waals surface area contributed by atoms with Crippen LogP contribution in [0.4, 0.5) is 11.9 Å². The van der Waals surface area contributed by atoms with Crippen molar-refractivity contribution in [2.75, 3.05) is 56.8 Å². The van der Waals surface area contributed by atoms with Crippen molar-refractivity contribution in [3.05, 3.63) is 0 Å². The highest BCUT2D eigenvalue weighted by Crippen LogP contribution is 2.22. The Morgan fingerprint density at radius 1 is 1.00 bits per heavy atom. The molecule has 1 aliphatic carbocycles. The molecule has 0 atom stereocenters. The molecule has 1 saturated carbocycles. The quantitative estimate of drug-likeness (QED) is 0.395. The van der Waals surface area contributed by atoms with Crippen molar-refractivity contribution in [2.24, 2.45) is 5.73 Å². The maximum Gasteiger partial charge on any atom is 0.323 e. The van der Waals surface area contributed by atoms with E-state index in [4.69, 9.17) is 19.9 Å². The standard InChI is InChI=1S/C17H32N6O3/c1-2-3-9-26-17-22-15(19-8-11-25-13-12-24-10-7-18)21-16(23-17)20-14-5-4-6-14/h14H,2-13,18H2,1H3,(H2,19,20,21,22,23). The van der Waals surface area contributed by atoms with E-state index in [9.17, 15) is 0 Å². The molecule has 0 amide bonds. The van der Waals surface area contributed by atoms with E-state index in [1.807, 2.05) is 0 Å². The zero-order valence-electron chi connectivity index (χ0n) is 15.7. The fourth-order valence-corrected chi connectivity index (χ4v) is 2.25. The lowest BCUT2D eigenvalue weighted by Gasteiger charge is -2.26. The predicted molar refractivity (Wildman–Crippen MR) is 101 cm³/mol. The smallest absolute Gasteiger partial charge is 0.323 e. The Hall–Kier alpha value is -1.71. The molecule has 0 unspecified atom stereocenters. The molecule has 0 aromatic carbocycles. The molecule has 9 nitrogen and oxygen atoms in total. The SMILES string of the molecule is CCCCOc1nc(NCCOCCOCCN)nc(NC2CCC2)n1. The van der Waals surface area contributed by atoms with Crippen LogP contribution in [0.5, 0.6) is 6.01 Å². The fraction of sp³-hybridized carbons (Fsp3) is 0.824. The van der Waals surface area contributed by atoms with Crippen LogP contribution in [0.2, 0.25) is 0 Å². The third-order valence-corrected chi connectivity index (χ3v) is 3.95. The normalized spacial score (nSPS) is 14.1. The number of aromatic nitrogens is 3. The van der Waals surface area contributed by atoms with E-state index in [1.165, 1.54) is 6.42 Å². The lowest BCUT2D eigenvalue weighted by atomic mass is 9.93. The average molecular weight is 368 g/mol. The van der Waals surface area contributed by atoms with Gasteiger partial charge in [0, 0.05) is 19.1 Å². The Morgan fingerprint density at radius 3 is 2.46 bits per heavy atom. The lowest BCUT2D eigenvalue weighted by molar-refractivity contribution is 0.0547. The molecule has 0 spiro atoms. The van der Waals surface area contributed by atoms with E-state index >= 15 is 0 Å². The summed E-state index contributed by atoms with van der Waals surface area (Å²) in [5.74, 6) is 1.06. The van der Waals surface area contributed by atoms with Crippen molar-refractivity contribution in [3.63, 3.8) is 0 Å². The first-order valence-electron chi connectivity index (χ1n) is 9.56. The van der Waals surface area contributed by atoms with Crippen molar-refractivity contribution in [2.45, 2.75) is 45.1 Å². The number of ether oxygens (including phenoxy) is 3. The van der Waals surface area contributed by atoms with E-state index in [0.29, 0.717) is 70.1 Å². The summed E-state index contributed by atoms with van der Waals surface area (Å²) in [7, 11) is 0. The molecule has 1 aliphatic rings. The molecule has 9 heteroatoms. The van der Waals surface area contributed by atoms with E-state index < -0.39 is 0 Å². The van der Waals surface area contributed by atoms with Gasteiger partial charge in [-0.15, -0.1) is 0 Å². The van der Waals surface area contributed by atoms with Gasteiger partial charge >= 0.3 is 6.01 Å². The maximum atomic E-state index is 5.64. The van der Waals surface area contributed by atoms with Crippen LogP contribution in [0, 0.1) is 0 Å². The molecule has 148 valence electrons. The van der Waals surface area contributed by atoms with E-state index in [0.717, 1.165) is 25.7 Å². The highest BCUT2D eigenvalue weighted by Gasteiger charge is 2.19. The van der Waals surface area contributed by atoms with Gasteiger partial charge in [0.15, 0.2) is 0 Å². The number of anilines is 2. The Kier molecular flexibility index (Phi) is 9.99. The summed E-state index contributed by atoms with van der Waals surface area (Å²) in [5, 5.41) is 6.50. The Morgan fingerprint density at radius 2 is 1.77 bits per heavy atom. The highest BCUT2D eigenvalue weighted by atomic mass is 16.5. The van der Waals surface area contributed by atoms with Gasteiger partial charge in [0.1, 0.15) is 0 Å². The van der Waals surface area contributed by atoms with Crippen LogP contribution in [-0.2, 0) is 9.47 Å². The summed E-state index contributed by atoms with van der Waals surface area (Å²) in [6.07, 6.45) is 5.59. The molecule has 1 aromatic heterocycles. The van der Waals surface area contributed by atoms with Gasteiger partial charge in [0.2, 0.25) is 11.9 Å². The molecule has 0 bridgehead atoms. The van der Waals surface area contributed by atoms with Crippen molar-refractivity contribution in [3.8, 4) is 6.01 Å². The number of nitrogens with one attached hydrogen (secondary N) is 2. The van der Waals surface area contributed by atoms with Crippen LogP contribution in [0.3, 0.4) is 0 Å². The molecule has 0 radical (unpaired) electrons. The number of nitrogens with zero attached hydrogens (tertiary/aromatic N) is 3. The molecule has 26 heavy (non-hydrogen) atoms. The van der Waals surface area contributed by atoms with Crippen molar-refractivity contribution in [1.82, 2.24) is 15.0 Å². The summed E-state index contributed by atoms with van der Waals surface area (Å²) >= 11 is 0. The first-order chi connectivity index (χ1) is 12.8. The number of hydrogen-bond acceptors (Lipinski definition) is 9. The molecular formula is C17H32N6O3. The summed E-state index contributed by atoms with van der Waals surface area (Å²) in [4.78, 5) is 13.1. The molecule has 1 fully saturated rings. The Balaban J connectivity index is 1.76. The van der Waals surface area contributed by atoms with Gasteiger partial charge in [-0.05, 0) is 25.7 Å². The van der Waals surface area contributed by atoms with Crippen LogP contribution in [0.15, 0.2) is 0 Å². The Bertz CT molecular complexity index is 501. The molecule has 0 aliphatic heterocycles. The van der Waals surface area contributed by atoms with Crippen molar-refractivity contribution >= 4 is 11.9 Å². The van der Waals surface area contributed by atoms with Crippen LogP contribution in [0.25, 0.3) is 0 Å². The number of hydrogen-bond donors (Lipinski definition) is 3. The van der Waals surface area contributed by atoms with Gasteiger partial charge < -0.3 is 30.6 Å². The number of nitrogens with two attached hydrogens (primary N) is 1. The van der Waals surface area contributed by atoms with Crippen LogP contribution < -0.4 is 21.1 Å². The van der Waals surface area contributed by atoms with E-state index in [1.54, 1.807) is 0 Å². The first-order valence-corrected chi connectivity index (χ1v) is 9.56. The second kappa shape index (κ2) is 12.6. The minimum Gasteiger partial charge on any atom is -0.463 e. The summed E-state index contributed by atoms with van der Waals surface area (Å²) < 4.78 is 16.4. The first kappa shape index (κ1) is 20.6. The summed E-state index contributed by atoms with van der Waals surface area (Å²) in [6, 6.07) is 0.805. The minimum atomic E-state index is 0.355. The third-order valence-electron chi connectivity index (χ3n) is 3.95. The van der Waals surface area contributed by atoms with Gasteiger partial charge in [-0.3, -0.25) is 0 Å². The van der Waals surface area contributed by atoms with Crippen molar-refractivity contribution < 1.29 is 14.2 Å². The largest absolute Gasteiger partial charge is 0.463 e. The molecular weight excluding hydrogens is 336 g/mol. The van der Waals surface area contributed by atoms with Gasteiger partial charge in [-0.2, -0.15) is 15.0 Å². The number of unbranched alkanes of at least 4 members (excludes halogenated alkanes) is 1. The molecule has 0 saturated heterocycles. The lowest BCUT2D eigenvalue weighted by Crippen LogP contribution is -2.28. The highest BCUT2D eigenvalue weighted by molar-refractivity contribution is 5.37.